The molecule has 1 rings (SSSR count). The van der Waals surface area contributed by atoms with Gasteiger partial charge in [-0.1, -0.05) is 0 Å². The normalized spacial score (nSPS) is 10.2. The number of anilines is 2. The Bertz CT molecular complexity index is 253. The first-order chi connectivity index (χ1) is 5.70. The molecule has 0 amide bonds. The number of nitrogen functional groups attached to an aromatic ring is 1. The first kappa shape index (κ1) is 8.63. The summed E-state index contributed by atoms with van der Waals surface area (Å²) in [6.45, 7) is -0.469. The van der Waals surface area contributed by atoms with E-state index in [2.05, 4.69) is 15.3 Å². The maximum Gasteiger partial charge on any atom is 0.255 e. The number of alkyl halides is 2. The summed E-state index contributed by atoms with van der Waals surface area (Å²) in [5.74, 6) is 0.316. The van der Waals surface area contributed by atoms with Crippen LogP contribution < -0.4 is 11.1 Å². The van der Waals surface area contributed by atoms with Crippen molar-refractivity contribution < 1.29 is 8.78 Å². The summed E-state index contributed by atoms with van der Waals surface area (Å²) in [5.41, 5.74) is 5.33. The minimum atomic E-state index is -2.42. The van der Waals surface area contributed by atoms with Crippen molar-refractivity contribution in [3.8, 4) is 0 Å². The van der Waals surface area contributed by atoms with Gasteiger partial charge in [0.25, 0.3) is 6.43 Å². The number of aromatic nitrogens is 2. The molecular weight excluding hydrogens is 166 g/mol. The zero-order valence-electron chi connectivity index (χ0n) is 6.17. The largest absolute Gasteiger partial charge is 0.381 e. The van der Waals surface area contributed by atoms with Gasteiger partial charge >= 0.3 is 0 Å². The summed E-state index contributed by atoms with van der Waals surface area (Å²) in [7, 11) is 0. The second kappa shape index (κ2) is 3.80. The highest BCUT2D eigenvalue weighted by Crippen LogP contribution is 2.09. The fraction of sp³-hybridized carbons (Fsp3) is 0.333. The summed E-state index contributed by atoms with van der Waals surface area (Å²) in [6, 6.07) is 0. The van der Waals surface area contributed by atoms with Gasteiger partial charge in [-0.2, -0.15) is 0 Å². The molecule has 0 aromatic carbocycles. The van der Waals surface area contributed by atoms with Gasteiger partial charge in [0.05, 0.1) is 6.54 Å². The van der Waals surface area contributed by atoms with Crippen LogP contribution in [0.25, 0.3) is 0 Å². The smallest absolute Gasteiger partial charge is 0.255 e. The highest BCUT2D eigenvalue weighted by atomic mass is 19.3. The van der Waals surface area contributed by atoms with Crippen molar-refractivity contribution in [3.05, 3.63) is 12.4 Å². The second-order valence-corrected chi connectivity index (χ2v) is 2.06. The van der Waals surface area contributed by atoms with Crippen LogP contribution in [0.3, 0.4) is 0 Å². The van der Waals surface area contributed by atoms with Crippen molar-refractivity contribution in [1.29, 1.82) is 0 Å². The molecule has 4 nitrogen and oxygen atoms in total. The Labute approximate surface area is 67.8 Å². The van der Waals surface area contributed by atoms with Crippen molar-refractivity contribution in [2.24, 2.45) is 0 Å². The molecule has 0 unspecified atom stereocenters. The van der Waals surface area contributed by atoms with Gasteiger partial charge in [0, 0.05) is 12.4 Å². The van der Waals surface area contributed by atoms with Crippen LogP contribution in [-0.2, 0) is 0 Å². The lowest BCUT2D eigenvalue weighted by Gasteiger charge is -2.05. The van der Waals surface area contributed by atoms with Gasteiger partial charge in [-0.3, -0.25) is 0 Å². The molecule has 0 aliphatic rings. The van der Waals surface area contributed by atoms with Crippen molar-refractivity contribution in [3.63, 3.8) is 0 Å². The van der Waals surface area contributed by atoms with Gasteiger partial charge in [-0.25, -0.2) is 18.7 Å². The number of rotatable bonds is 3. The van der Waals surface area contributed by atoms with Crippen molar-refractivity contribution in [1.82, 2.24) is 9.97 Å². The van der Waals surface area contributed by atoms with Crippen LogP contribution in [-0.4, -0.2) is 22.9 Å². The van der Waals surface area contributed by atoms with E-state index in [4.69, 9.17) is 5.73 Å². The van der Waals surface area contributed by atoms with E-state index in [1.54, 1.807) is 0 Å². The summed E-state index contributed by atoms with van der Waals surface area (Å²) in [5, 5.41) is 2.36. The topological polar surface area (TPSA) is 63.8 Å². The standard InChI is InChI=1S/C6H8F2N4/c7-4(8)3-12-6-5(9)10-1-2-11-6/h1-2,4H,3H2,(H2,9,10)(H,11,12). The molecule has 0 saturated heterocycles. The number of hydrogen-bond acceptors (Lipinski definition) is 4. The van der Waals surface area contributed by atoms with Gasteiger partial charge < -0.3 is 11.1 Å². The molecule has 0 aliphatic heterocycles. The van der Waals surface area contributed by atoms with E-state index in [0.29, 0.717) is 0 Å². The van der Waals surface area contributed by atoms with Crippen LogP contribution in [0.4, 0.5) is 20.4 Å². The molecule has 0 aliphatic carbocycles. The van der Waals surface area contributed by atoms with Crippen LogP contribution in [0.2, 0.25) is 0 Å². The van der Waals surface area contributed by atoms with Crippen LogP contribution in [0.1, 0.15) is 0 Å². The van der Waals surface area contributed by atoms with Crippen LogP contribution in [0.5, 0.6) is 0 Å². The van der Waals surface area contributed by atoms with E-state index in [-0.39, 0.29) is 11.6 Å². The highest BCUT2D eigenvalue weighted by molar-refractivity contribution is 5.54. The summed E-state index contributed by atoms with van der Waals surface area (Å²) in [4.78, 5) is 7.38. The van der Waals surface area contributed by atoms with E-state index >= 15 is 0 Å². The van der Waals surface area contributed by atoms with Gasteiger partial charge in [-0.15, -0.1) is 0 Å². The van der Waals surface area contributed by atoms with Crippen molar-refractivity contribution >= 4 is 11.6 Å². The fourth-order valence-electron chi connectivity index (χ4n) is 0.659. The molecule has 6 heteroatoms. The molecule has 1 aromatic heterocycles. The number of hydrogen-bond donors (Lipinski definition) is 2. The Morgan fingerprint density at radius 3 is 2.67 bits per heavy atom. The Hall–Kier alpha value is -1.46. The lowest BCUT2D eigenvalue weighted by Crippen LogP contribution is -2.13. The van der Waals surface area contributed by atoms with Crippen molar-refractivity contribution in [2.75, 3.05) is 17.6 Å². The lowest BCUT2D eigenvalue weighted by molar-refractivity contribution is 0.163. The highest BCUT2D eigenvalue weighted by Gasteiger charge is 2.04. The lowest BCUT2D eigenvalue weighted by atomic mass is 10.5. The average Bonchev–Trinajstić information content (AvgIpc) is 2.03. The molecule has 66 valence electrons. The minimum Gasteiger partial charge on any atom is -0.381 e. The van der Waals surface area contributed by atoms with Crippen LogP contribution in [0, 0.1) is 0 Å². The third-order valence-corrected chi connectivity index (χ3v) is 1.15. The maximum atomic E-state index is 11.7. The van der Waals surface area contributed by atoms with E-state index in [1.165, 1.54) is 12.4 Å². The quantitative estimate of drug-likeness (QED) is 0.709. The Morgan fingerprint density at radius 2 is 2.08 bits per heavy atom. The van der Waals surface area contributed by atoms with E-state index in [9.17, 15) is 8.78 Å². The van der Waals surface area contributed by atoms with E-state index in [0.717, 1.165) is 0 Å². The summed E-state index contributed by atoms with van der Waals surface area (Å²) < 4.78 is 23.4. The Morgan fingerprint density at radius 1 is 1.42 bits per heavy atom. The third kappa shape index (κ3) is 2.30. The molecule has 0 radical (unpaired) electrons. The molecule has 12 heavy (non-hydrogen) atoms. The fourth-order valence-corrected chi connectivity index (χ4v) is 0.659. The first-order valence-electron chi connectivity index (χ1n) is 3.28. The molecular formula is C6H8F2N4. The molecule has 1 aromatic rings. The predicted octanol–water partition coefficient (Wildman–Crippen LogP) is 0.736. The third-order valence-electron chi connectivity index (χ3n) is 1.15. The number of nitrogens with one attached hydrogen (secondary N) is 1. The first-order valence-corrected chi connectivity index (χ1v) is 3.28. The van der Waals surface area contributed by atoms with Gasteiger partial charge in [-0.05, 0) is 0 Å². The number of nitrogens with zero attached hydrogens (tertiary/aromatic N) is 2. The SMILES string of the molecule is Nc1nccnc1NCC(F)F. The molecule has 0 fully saturated rings. The maximum absolute atomic E-state index is 11.7. The van der Waals surface area contributed by atoms with Gasteiger partial charge in [0.2, 0.25) is 0 Å². The molecule has 0 bridgehead atoms. The number of nitrogens with two attached hydrogens (primary N) is 1. The zero-order chi connectivity index (χ0) is 8.97. The Kier molecular flexibility index (Phi) is 2.73. The molecule has 0 saturated carbocycles. The summed E-state index contributed by atoms with van der Waals surface area (Å²) >= 11 is 0. The van der Waals surface area contributed by atoms with Gasteiger partial charge in [0.1, 0.15) is 0 Å². The average molecular weight is 174 g/mol. The van der Waals surface area contributed by atoms with Crippen molar-refractivity contribution in [2.45, 2.75) is 6.43 Å². The number of halogens is 2. The summed E-state index contributed by atoms with van der Waals surface area (Å²) in [6.07, 6.45) is 0.346. The monoisotopic (exact) mass is 174 g/mol. The van der Waals surface area contributed by atoms with Gasteiger partial charge in [0.15, 0.2) is 11.6 Å². The molecule has 0 atom stereocenters. The molecule has 1 heterocycles. The second-order valence-electron chi connectivity index (χ2n) is 2.06. The van der Waals surface area contributed by atoms with Crippen LogP contribution >= 0.6 is 0 Å². The zero-order valence-corrected chi connectivity index (χ0v) is 6.17. The van der Waals surface area contributed by atoms with E-state index < -0.39 is 13.0 Å². The predicted molar refractivity (Wildman–Crippen MR) is 40.9 cm³/mol. The van der Waals surface area contributed by atoms with Crippen LogP contribution in [0.15, 0.2) is 12.4 Å². The molecule has 3 N–H and O–H groups in total. The minimum absolute atomic E-state index is 0.123. The Balaban J connectivity index is 2.57. The molecule has 0 spiro atoms. The van der Waals surface area contributed by atoms with E-state index in [1.807, 2.05) is 0 Å².